The Balaban J connectivity index is 1.91. The zero-order valence-corrected chi connectivity index (χ0v) is 12.8. The van der Waals surface area contributed by atoms with Crippen LogP contribution in [-0.2, 0) is 14.2 Å². The molecule has 0 aromatic carbocycles. The Kier molecular flexibility index (Phi) is 6.49. The Morgan fingerprint density at radius 3 is 3.15 bits per heavy atom. The van der Waals surface area contributed by atoms with E-state index in [1.54, 1.807) is 0 Å². The van der Waals surface area contributed by atoms with Crippen LogP contribution in [-0.4, -0.2) is 63.7 Å². The van der Waals surface area contributed by atoms with Crippen molar-refractivity contribution in [2.45, 2.75) is 32.3 Å². The summed E-state index contributed by atoms with van der Waals surface area (Å²) >= 11 is 0. The van der Waals surface area contributed by atoms with Gasteiger partial charge in [0.05, 0.1) is 25.9 Å². The van der Waals surface area contributed by atoms with Crippen molar-refractivity contribution in [2.75, 3.05) is 52.7 Å². The molecule has 20 heavy (non-hydrogen) atoms. The van der Waals surface area contributed by atoms with Gasteiger partial charge in [0.25, 0.3) is 0 Å². The molecular formula is C16H29NO3. The van der Waals surface area contributed by atoms with Gasteiger partial charge in [-0.2, -0.15) is 0 Å². The highest BCUT2D eigenvalue weighted by molar-refractivity contribution is 4.96. The Labute approximate surface area is 123 Å². The summed E-state index contributed by atoms with van der Waals surface area (Å²) in [5.74, 6) is 0. The van der Waals surface area contributed by atoms with E-state index in [1.165, 1.54) is 6.42 Å². The van der Waals surface area contributed by atoms with Crippen LogP contribution >= 0.6 is 0 Å². The first-order valence-corrected chi connectivity index (χ1v) is 7.91. The number of piperidine rings is 1. The molecule has 0 amide bonds. The summed E-state index contributed by atoms with van der Waals surface area (Å²) in [5, 5.41) is 0. The fraction of sp³-hybridized carbons (Fsp3) is 0.875. The third kappa shape index (κ3) is 4.04. The Bertz CT molecular complexity index is 295. The van der Waals surface area contributed by atoms with Gasteiger partial charge in [0.15, 0.2) is 0 Å². The summed E-state index contributed by atoms with van der Waals surface area (Å²) in [7, 11) is 0. The second kappa shape index (κ2) is 8.13. The normalized spacial score (nSPS) is 30.9. The van der Waals surface area contributed by atoms with Crippen LogP contribution in [0.5, 0.6) is 0 Å². The van der Waals surface area contributed by atoms with E-state index in [-0.39, 0.29) is 5.41 Å². The SMILES string of the molecule is C=CCOCC12CCCOC1CCN(CCOCC)C2. The summed E-state index contributed by atoms with van der Waals surface area (Å²) in [5.41, 5.74) is 0.172. The molecule has 2 heterocycles. The first kappa shape index (κ1) is 16.0. The minimum Gasteiger partial charge on any atom is -0.380 e. The topological polar surface area (TPSA) is 30.9 Å². The van der Waals surface area contributed by atoms with Gasteiger partial charge >= 0.3 is 0 Å². The second-order valence-corrected chi connectivity index (χ2v) is 5.89. The number of ether oxygens (including phenoxy) is 3. The smallest absolute Gasteiger partial charge is 0.0677 e. The average Bonchev–Trinajstić information content (AvgIpc) is 2.47. The van der Waals surface area contributed by atoms with E-state index in [1.807, 2.05) is 13.0 Å². The van der Waals surface area contributed by atoms with Crippen molar-refractivity contribution in [3.05, 3.63) is 12.7 Å². The molecular weight excluding hydrogens is 254 g/mol. The molecule has 2 rings (SSSR count). The van der Waals surface area contributed by atoms with E-state index in [2.05, 4.69) is 11.5 Å². The summed E-state index contributed by atoms with van der Waals surface area (Å²) in [4.78, 5) is 2.51. The third-order valence-electron chi connectivity index (χ3n) is 4.45. The molecule has 2 aliphatic rings. The van der Waals surface area contributed by atoms with E-state index in [9.17, 15) is 0 Å². The summed E-state index contributed by atoms with van der Waals surface area (Å²) in [6.45, 7) is 12.9. The maximum absolute atomic E-state index is 6.03. The van der Waals surface area contributed by atoms with Crippen molar-refractivity contribution in [1.82, 2.24) is 4.90 Å². The van der Waals surface area contributed by atoms with E-state index >= 15 is 0 Å². The fourth-order valence-corrected chi connectivity index (χ4v) is 3.47. The molecule has 0 spiro atoms. The van der Waals surface area contributed by atoms with Crippen LogP contribution < -0.4 is 0 Å². The van der Waals surface area contributed by atoms with Crippen molar-refractivity contribution in [3.63, 3.8) is 0 Å². The second-order valence-electron chi connectivity index (χ2n) is 5.89. The molecule has 2 saturated heterocycles. The number of hydrogen-bond donors (Lipinski definition) is 0. The first-order valence-electron chi connectivity index (χ1n) is 7.91. The van der Waals surface area contributed by atoms with Crippen LogP contribution in [0.2, 0.25) is 0 Å². The highest BCUT2D eigenvalue weighted by atomic mass is 16.5. The van der Waals surface area contributed by atoms with Gasteiger partial charge < -0.3 is 19.1 Å². The summed E-state index contributed by atoms with van der Waals surface area (Å²) in [6.07, 6.45) is 5.66. The highest BCUT2D eigenvalue weighted by Crippen LogP contribution is 2.40. The first-order chi connectivity index (χ1) is 9.80. The largest absolute Gasteiger partial charge is 0.380 e. The van der Waals surface area contributed by atoms with Crippen molar-refractivity contribution in [3.8, 4) is 0 Å². The lowest BCUT2D eigenvalue weighted by Crippen LogP contribution is -2.57. The van der Waals surface area contributed by atoms with E-state index < -0.39 is 0 Å². The molecule has 116 valence electrons. The van der Waals surface area contributed by atoms with Gasteiger partial charge in [-0.1, -0.05) is 6.08 Å². The average molecular weight is 283 g/mol. The Hall–Kier alpha value is -0.420. The van der Waals surface area contributed by atoms with Crippen LogP contribution in [0, 0.1) is 5.41 Å². The van der Waals surface area contributed by atoms with Crippen LogP contribution in [0.15, 0.2) is 12.7 Å². The predicted molar refractivity (Wildman–Crippen MR) is 80.0 cm³/mol. The molecule has 0 aromatic rings. The lowest BCUT2D eigenvalue weighted by Gasteiger charge is -2.50. The van der Waals surface area contributed by atoms with Gasteiger partial charge in [-0.25, -0.2) is 0 Å². The maximum Gasteiger partial charge on any atom is 0.0677 e. The molecule has 0 radical (unpaired) electrons. The summed E-state index contributed by atoms with van der Waals surface area (Å²) in [6, 6.07) is 0. The van der Waals surface area contributed by atoms with Gasteiger partial charge in [-0.15, -0.1) is 6.58 Å². The van der Waals surface area contributed by atoms with Crippen LogP contribution in [0.4, 0.5) is 0 Å². The lowest BCUT2D eigenvalue weighted by molar-refractivity contribution is -0.152. The zero-order chi connectivity index (χ0) is 14.3. The van der Waals surface area contributed by atoms with Gasteiger partial charge in [0.2, 0.25) is 0 Å². The van der Waals surface area contributed by atoms with Crippen molar-refractivity contribution >= 4 is 0 Å². The van der Waals surface area contributed by atoms with E-state index in [4.69, 9.17) is 14.2 Å². The minimum absolute atomic E-state index is 0.172. The molecule has 2 unspecified atom stereocenters. The van der Waals surface area contributed by atoms with Crippen molar-refractivity contribution in [2.24, 2.45) is 5.41 Å². The summed E-state index contributed by atoms with van der Waals surface area (Å²) < 4.78 is 17.3. The number of fused-ring (bicyclic) bond motifs is 1. The molecule has 0 N–H and O–H groups in total. The molecule has 2 atom stereocenters. The molecule has 0 aliphatic carbocycles. The fourth-order valence-electron chi connectivity index (χ4n) is 3.47. The van der Waals surface area contributed by atoms with Gasteiger partial charge in [-0.3, -0.25) is 0 Å². The zero-order valence-electron chi connectivity index (χ0n) is 12.8. The number of rotatable bonds is 8. The van der Waals surface area contributed by atoms with Gasteiger partial charge in [0.1, 0.15) is 0 Å². The van der Waals surface area contributed by atoms with Crippen LogP contribution in [0.1, 0.15) is 26.2 Å². The van der Waals surface area contributed by atoms with Gasteiger partial charge in [-0.05, 0) is 26.2 Å². The number of nitrogens with zero attached hydrogens (tertiary/aromatic N) is 1. The van der Waals surface area contributed by atoms with Crippen LogP contribution in [0.25, 0.3) is 0 Å². The Morgan fingerprint density at radius 2 is 2.35 bits per heavy atom. The predicted octanol–water partition coefficient (Wildman–Crippen LogP) is 2.10. The maximum atomic E-state index is 6.03. The van der Waals surface area contributed by atoms with Crippen molar-refractivity contribution in [1.29, 1.82) is 0 Å². The quantitative estimate of drug-likeness (QED) is 0.504. The molecule has 0 aromatic heterocycles. The van der Waals surface area contributed by atoms with Crippen molar-refractivity contribution < 1.29 is 14.2 Å². The third-order valence-corrected chi connectivity index (χ3v) is 4.45. The highest BCUT2D eigenvalue weighted by Gasteiger charge is 2.45. The van der Waals surface area contributed by atoms with E-state index in [0.717, 1.165) is 58.9 Å². The number of hydrogen-bond acceptors (Lipinski definition) is 4. The van der Waals surface area contributed by atoms with Crippen LogP contribution in [0.3, 0.4) is 0 Å². The molecule has 2 fully saturated rings. The minimum atomic E-state index is 0.172. The molecule has 2 aliphatic heterocycles. The lowest BCUT2D eigenvalue weighted by atomic mass is 9.73. The molecule has 4 heteroatoms. The molecule has 4 nitrogen and oxygen atoms in total. The molecule has 0 bridgehead atoms. The van der Waals surface area contributed by atoms with E-state index in [0.29, 0.717) is 12.7 Å². The standard InChI is InChI=1S/C16H29NO3/c1-3-10-19-14-16-7-5-11-20-15(16)6-8-17(13-16)9-12-18-4-2/h3,15H,1,4-14H2,2H3. The number of likely N-dealkylation sites (tertiary alicyclic amines) is 1. The monoisotopic (exact) mass is 283 g/mol. The Morgan fingerprint density at radius 1 is 1.45 bits per heavy atom. The van der Waals surface area contributed by atoms with Gasteiger partial charge in [0, 0.05) is 38.3 Å². The molecule has 0 saturated carbocycles.